The SMILES string of the molecule is COC(=O)NNS(=O)(=O)/C=C/c1ccccc1. The van der Waals surface area contributed by atoms with E-state index in [0.717, 1.165) is 18.1 Å². The standard InChI is InChI=1S/C10H12N2O4S/c1-16-10(13)11-12-17(14,15)8-7-9-5-3-2-4-6-9/h2-8,12H,1H3,(H,11,13)/b8-7+. The minimum atomic E-state index is -3.73. The lowest BCUT2D eigenvalue weighted by molar-refractivity contribution is 0.169. The third-order valence-electron chi connectivity index (χ3n) is 1.72. The second kappa shape index (κ2) is 6.02. The summed E-state index contributed by atoms with van der Waals surface area (Å²) in [6.07, 6.45) is 0.517. The number of hydrazine groups is 1. The molecular weight excluding hydrogens is 244 g/mol. The highest BCUT2D eigenvalue weighted by Gasteiger charge is 2.06. The Bertz CT molecular complexity index is 496. The summed E-state index contributed by atoms with van der Waals surface area (Å²) in [6, 6.07) is 8.89. The van der Waals surface area contributed by atoms with E-state index in [0.29, 0.717) is 0 Å². The van der Waals surface area contributed by atoms with Crippen LogP contribution in [0.2, 0.25) is 0 Å². The summed E-state index contributed by atoms with van der Waals surface area (Å²) in [5, 5.41) is 0.943. The van der Waals surface area contributed by atoms with Crippen molar-refractivity contribution in [2.45, 2.75) is 0 Å². The fourth-order valence-corrected chi connectivity index (χ4v) is 1.56. The van der Waals surface area contributed by atoms with E-state index in [2.05, 4.69) is 4.74 Å². The Morgan fingerprint density at radius 2 is 1.94 bits per heavy atom. The molecule has 92 valence electrons. The van der Waals surface area contributed by atoms with Crippen LogP contribution in [0.15, 0.2) is 35.7 Å². The van der Waals surface area contributed by atoms with Gasteiger partial charge in [0.15, 0.2) is 0 Å². The van der Waals surface area contributed by atoms with Crippen LogP contribution in [0.5, 0.6) is 0 Å². The van der Waals surface area contributed by atoms with Crippen LogP contribution in [0.4, 0.5) is 4.79 Å². The van der Waals surface area contributed by atoms with Crippen molar-refractivity contribution in [2.24, 2.45) is 0 Å². The van der Waals surface area contributed by atoms with E-state index in [-0.39, 0.29) is 0 Å². The topological polar surface area (TPSA) is 84.5 Å². The number of sulfonamides is 1. The monoisotopic (exact) mass is 256 g/mol. The molecule has 1 rings (SSSR count). The average molecular weight is 256 g/mol. The van der Waals surface area contributed by atoms with E-state index in [9.17, 15) is 13.2 Å². The van der Waals surface area contributed by atoms with Crippen LogP contribution in [0, 0.1) is 0 Å². The largest absolute Gasteiger partial charge is 0.452 e. The summed E-state index contributed by atoms with van der Waals surface area (Å²) in [5.41, 5.74) is 2.59. The predicted molar refractivity (Wildman–Crippen MR) is 63.1 cm³/mol. The molecule has 0 radical (unpaired) electrons. The molecule has 17 heavy (non-hydrogen) atoms. The van der Waals surface area contributed by atoms with Gasteiger partial charge >= 0.3 is 6.09 Å². The van der Waals surface area contributed by atoms with Gasteiger partial charge < -0.3 is 4.74 Å². The number of nitrogens with one attached hydrogen (secondary N) is 2. The molecule has 0 aliphatic heterocycles. The van der Waals surface area contributed by atoms with Gasteiger partial charge in [0.25, 0.3) is 10.0 Å². The molecule has 0 unspecified atom stereocenters. The zero-order valence-corrected chi connectivity index (χ0v) is 9.90. The van der Waals surface area contributed by atoms with Crippen molar-refractivity contribution >= 4 is 22.2 Å². The van der Waals surface area contributed by atoms with Crippen LogP contribution in [0.25, 0.3) is 6.08 Å². The van der Waals surface area contributed by atoms with Gasteiger partial charge in [-0.15, -0.1) is 4.83 Å². The van der Waals surface area contributed by atoms with E-state index in [1.165, 1.54) is 6.08 Å². The van der Waals surface area contributed by atoms with Crippen LogP contribution in [-0.4, -0.2) is 21.6 Å². The highest BCUT2D eigenvalue weighted by Crippen LogP contribution is 2.02. The smallest absolute Gasteiger partial charge is 0.422 e. The summed E-state index contributed by atoms with van der Waals surface area (Å²) < 4.78 is 26.9. The van der Waals surface area contributed by atoms with Gasteiger partial charge in [-0.3, -0.25) is 0 Å². The van der Waals surface area contributed by atoms with E-state index in [4.69, 9.17) is 0 Å². The molecule has 0 saturated carbocycles. The molecule has 0 aromatic heterocycles. The number of hydrogen-bond acceptors (Lipinski definition) is 4. The molecule has 0 aliphatic carbocycles. The van der Waals surface area contributed by atoms with Crippen LogP contribution in [-0.2, 0) is 14.8 Å². The lowest BCUT2D eigenvalue weighted by Crippen LogP contribution is -2.40. The van der Waals surface area contributed by atoms with Gasteiger partial charge in [0.2, 0.25) is 0 Å². The van der Waals surface area contributed by atoms with Crippen LogP contribution < -0.4 is 10.3 Å². The Morgan fingerprint density at radius 1 is 1.29 bits per heavy atom. The number of carbonyl (C=O) groups excluding carboxylic acids is 1. The molecule has 0 heterocycles. The fraction of sp³-hybridized carbons (Fsp3) is 0.100. The lowest BCUT2D eigenvalue weighted by Gasteiger charge is -2.03. The number of methoxy groups -OCH3 is 1. The molecular formula is C10H12N2O4S. The summed E-state index contributed by atoms with van der Waals surface area (Å²) in [6.45, 7) is 0. The molecule has 6 nitrogen and oxygen atoms in total. The second-order valence-electron chi connectivity index (χ2n) is 2.98. The Kier molecular flexibility index (Phi) is 4.68. The molecule has 7 heteroatoms. The molecule has 0 atom stereocenters. The van der Waals surface area contributed by atoms with Gasteiger partial charge in [-0.05, 0) is 11.6 Å². The maximum Gasteiger partial charge on any atom is 0.422 e. The fourth-order valence-electron chi connectivity index (χ4n) is 0.930. The number of carbonyl (C=O) groups is 1. The van der Waals surface area contributed by atoms with Crippen molar-refractivity contribution < 1.29 is 17.9 Å². The maximum absolute atomic E-state index is 11.4. The molecule has 0 spiro atoms. The number of amides is 1. The number of rotatable bonds is 4. The number of ether oxygens (including phenoxy) is 1. The minimum Gasteiger partial charge on any atom is -0.452 e. The Labute approximate surface area is 99.3 Å². The summed E-state index contributed by atoms with van der Waals surface area (Å²) in [5.74, 6) is 0. The molecule has 2 N–H and O–H groups in total. The second-order valence-corrected chi connectivity index (χ2v) is 4.54. The van der Waals surface area contributed by atoms with Crippen LogP contribution >= 0.6 is 0 Å². The zero-order valence-electron chi connectivity index (χ0n) is 9.08. The van der Waals surface area contributed by atoms with Crippen molar-refractivity contribution in [1.82, 2.24) is 10.3 Å². The van der Waals surface area contributed by atoms with E-state index in [1.807, 2.05) is 16.3 Å². The lowest BCUT2D eigenvalue weighted by atomic mass is 10.2. The van der Waals surface area contributed by atoms with Crippen molar-refractivity contribution in [2.75, 3.05) is 7.11 Å². The van der Waals surface area contributed by atoms with Crippen LogP contribution in [0.1, 0.15) is 5.56 Å². The molecule has 1 aromatic carbocycles. The first-order valence-electron chi connectivity index (χ1n) is 4.62. The van der Waals surface area contributed by atoms with Gasteiger partial charge in [0.1, 0.15) is 0 Å². The summed E-state index contributed by atoms with van der Waals surface area (Å²) >= 11 is 0. The quantitative estimate of drug-likeness (QED) is 0.782. The van der Waals surface area contributed by atoms with E-state index >= 15 is 0 Å². The van der Waals surface area contributed by atoms with Gasteiger partial charge in [-0.25, -0.2) is 18.6 Å². The molecule has 0 aliphatic rings. The normalized spacial score (nSPS) is 11.4. The first-order valence-corrected chi connectivity index (χ1v) is 6.17. The molecule has 0 bridgehead atoms. The van der Waals surface area contributed by atoms with Crippen molar-refractivity contribution in [3.63, 3.8) is 0 Å². The number of hydrogen-bond donors (Lipinski definition) is 2. The Morgan fingerprint density at radius 3 is 2.53 bits per heavy atom. The van der Waals surface area contributed by atoms with Crippen molar-refractivity contribution in [3.05, 3.63) is 41.3 Å². The zero-order chi connectivity index (χ0) is 12.7. The number of benzene rings is 1. The molecule has 0 fully saturated rings. The van der Waals surface area contributed by atoms with Gasteiger partial charge in [-0.1, -0.05) is 30.3 Å². The van der Waals surface area contributed by atoms with Crippen molar-refractivity contribution in [1.29, 1.82) is 0 Å². The van der Waals surface area contributed by atoms with Crippen molar-refractivity contribution in [3.8, 4) is 0 Å². The predicted octanol–water partition coefficient (Wildman–Crippen LogP) is 0.848. The van der Waals surface area contributed by atoms with Gasteiger partial charge in [-0.2, -0.15) is 0 Å². The molecule has 0 saturated heterocycles. The third kappa shape index (κ3) is 5.14. The Balaban J connectivity index is 2.61. The highest BCUT2D eigenvalue weighted by atomic mass is 32.2. The van der Waals surface area contributed by atoms with Gasteiger partial charge in [0.05, 0.1) is 7.11 Å². The van der Waals surface area contributed by atoms with E-state index < -0.39 is 16.1 Å². The maximum atomic E-state index is 11.4. The van der Waals surface area contributed by atoms with Gasteiger partial charge in [0, 0.05) is 5.41 Å². The summed E-state index contributed by atoms with van der Waals surface area (Å²) in [4.78, 5) is 12.5. The average Bonchev–Trinajstić information content (AvgIpc) is 2.35. The minimum absolute atomic E-state index is 0.732. The molecule has 1 aromatic rings. The third-order valence-corrected chi connectivity index (χ3v) is 2.60. The first kappa shape index (κ1) is 13.2. The molecule has 1 amide bonds. The van der Waals surface area contributed by atoms with Crippen LogP contribution in [0.3, 0.4) is 0 Å². The Hall–Kier alpha value is -1.86. The highest BCUT2D eigenvalue weighted by molar-refractivity contribution is 7.92. The van der Waals surface area contributed by atoms with E-state index in [1.54, 1.807) is 24.3 Å². The first-order chi connectivity index (χ1) is 8.03. The summed E-state index contributed by atoms with van der Waals surface area (Å²) in [7, 11) is -2.60.